The summed E-state index contributed by atoms with van der Waals surface area (Å²) >= 11 is 6.13. The van der Waals surface area contributed by atoms with Crippen molar-refractivity contribution >= 4 is 29.9 Å². The lowest BCUT2D eigenvalue weighted by Gasteiger charge is -2.47. The predicted molar refractivity (Wildman–Crippen MR) is 149 cm³/mol. The molecule has 218 valence electrons. The minimum atomic E-state index is -4.53. The highest BCUT2D eigenvalue weighted by molar-refractivity contribution is 6.30. The van der Waals surface area contributed by atoms with Crippen LogP contribution in [-0.2, 0) is 17.5 Å². The molecule has 1 fully saturated rings. The first-order valence-corrected chi connectivity index (χ1v) is 14.1. The molecule has 1 N–H and O–H groups in total. The second-order valence-electron chi connectivity index (χ2n) is 10.6. The standard InChI is InChI=1S/C28H36ClF3N6O2/c1-5-23-10-25(11-24(6-2)38(23)27(39)40-17(3)4)37(16-18-7-21(28(30,31)32)9-22(29)8-18)26-33-12-19(13-34-26)20-14-35-36-15-20/h7-9,12-14,17,20,23-25,36H,5-6,10-11,15-16H2,1-4H3/t20?,23-,24+,25+. The van der Waals surface area contributed by atoms with Crippen LogP contribution < -0.4 is 10.3 Å². The molecule has 2 aliphatic rings. The number of carbonyl (C=O) groups excluding carboxylic acids is 1. The van der Waals surface area contributed by atoms with Gasteiger partial charge in [0.1, 0.15) is 0 Å². The zero-order chi connectivity index (χ0) is 29.0. The molecule has 3 heterocycles. The summed E-state index contributed by atoms with van der Waals surface area (Å²) in [5, 5.41) is 4.06. The number of hydrogen-bond donors (Lipinski definition) is 1. The molecule has 1 unspecified atom stereocenters. The molecular formula is C28H36ClF3N6O2. The van der Waals surface area contributed by atoms with Crippen LogP contribution in [0.4, 0.5) is 23.9 Å². The molecule has 4 rings (SSSR count). The van der Waals surface area contributed by atoms with E-state index in [0.717, 1.165) is 17.7 Å². The molecule has 0 aliphatic carbocycles. The van der Waals surface area contributed by atoms with Crippen molar-refractivity contribution in [2.75, 3.05) is 11.4 Å². The zero-order valence-electron chi connectivity index (χ0n) is 23.2. The Hall–Kier alpha value is -3.08. The summed E-state index contributed by atoms with van der Waals surface area (Å²) in [7, 11) is 0. The Morgan fingerprint density at radius 2 is 1.80 bits per heavy atom. The number of aromatic nitrogens is 2. The average molecular weight is 581 g/mol. The van der Waals surface area contributed by atoms with E-state index in [1.807, 2.05) is 37.5 Å². The molecule has 1 saturated heterocycles. The predicted octanol–water partition coefficient (Wildman–Crippen LogP) is 6.39. The van der Waals surface area contributed by atoms with Crippen LogP contribution >= 0.6 is 11.6 Å². The molecule has 1 aromatic carbocycles. The normalized spacial score (nSPS) is 22.9. The largest absolute Gasteiger partial charge is 0.447 e. The van der Waals surface area contributed by atoms with Gasteiger partial charge < -0.3 is 20.0 Å². The van der Waals surface area contributed by atoms with Gasteiger partial charge in [0, 0.05) is 60.8 Å². The van der Waals surface area contributed by atoms with Crippen molar-refractivity contribution in [3.05, 3.63) is 52.3 Å². The van der Waals surface area contributed by atoms with Gasteiger partial charge in [0.15, 0.2) is 0 Å². The number of amides is 1. The maximum Gasteiger partial charge on any atom is 0.416 e. The van der Waals surface area contributed by atoms with Gasteiger partial charge in [-0.1, -0.05) is 25.4 Å². The molecule has 0 radical (unpaired) electrons. The van der Waals surface area contributed by atoms with Gasteiger partial charge in [-0.15, -0.1) is 0 Å². The van der Waals surface area contributed by atoms with Crippen LogP contribution in [-0.4, -0.2) is 57.9 Å². The smallest absolute Gasteiger partial charge is 0.416 e. The summed E-state index contributed by atoms with van der Waals surface area (Å²) in [4.78, 5) is 26.1. The summed E-state index contributed by atoms with van der Waals surface area (Å²) in [5.74, 6) is 0.460. The van der Waals surface area contributed by atoms with E-state index in [1.54, 1.807) is 24.7 Å². The van der Waals surface area contributed by atoms with Gasteiger partial charge in [0.2, 0.25) is 5.95 Å². The van der Waals surface area contributed by atoms with Gasteiger partial charge in [0.25, 0.3) is 0 Å². The first kappa shape index (κ1) is 29.9. The quantitative estimate of drug-likeness (QED) is 0.389. The SMILES string of the molecule is CC[C@@H]1C[C@H](N(Cc2cc(Cl)cc(C(F)(F)F)c2)c2ncc(C3C=NNC3)cn2)C[C@H](CC)N1C(=O)OC(C)C. The molecule has 12 heteroatoms. The summed E-state index contributed by atoms with van der Waals surface area (Å²) in [6.45, 7) is 8.47. The number of hydrazone groups is 1. The fourth-order valence-electron chi connectivity index (χ4n) is 5.48. The second kappa shape index (κ2) is 12.6. The molecule has 1 aromatic heterocycles. The van der Waals surface area contributed by atoms with Crippen LogP contribution in [0.1, 0.15) is 76.0 Å². The lowest BCUT2D eigenvalue weighted by Crippen LogP contribution is -2.57. The number of hydrogen-bond acceptors (Lipinski definition) is 7. The number of carbonyl (C=O) groups is 1. The molecular weight excluding hydrogens is 545 g/mol. The first-order valence-electron chi connectivity index (χ1n) is 13.7. The van der Waals surface area contributed by atoms with Crippen molar-refractivity contribution in [3.8, 4) is 0 Å². The minimum absolute atomic E-state index is 0.0122. The lowest BCUT2D eigenvalue weighted by molar-refractivity contribution is -0.137. The second-order valence-corrected chi connectivity index (χ2v) is 11.1. The number of likely N-dealkylation sites (tertiary alicyclic amines) is 1. The first-order chi connectivity index (χ1) is 19.0. The van der Waals surface area contributed by atoms with E-state index in [4.69, 9.17) is 16.3 Å². The summed E-state index contributed by atoms with van der Waals surface area (Å²) in [6.07, 6.45) is 2.77. The van der Waals surface area contributed by atoms with E-state index in [2.05, 4.69) is 20.5 Å². The Morgan fingerprint density at radius 1 is 1.15 bits per heavy atom. The Labute approximate surface area is 237 Å². The monoisotopic (exact) mass is 580 g/mol. The molecule has 2 aromatic rings. The Balaban J connectivity index is 1.69. The van der Waals surface area contributed by atoms with E-state index in [9.17, 15) is 18.0 Å². The van der Waals surface area contributed by atoms with Crippen LogP contribution in [0.3, 0.4) is 0 Å². The fourth-order valence-corrected chi connectivity index (χ4v) is 5.74. The summed E-state index contributed by atoms with van der Waals surface area (Å²) in [5.41, 5.74) is 3.41. The van der Waals surface area contributed by atoms with Gasteiger partial charge in [-0.05, 0) is 68.9 Å². The van der Waals surface area contributed by atoms with Crippen molar-refractivity contribution in [1.29, 1.82) is 0 Å². The molecule has 0 spiro atoms. The van der Waals surface area contributed by atoms with Crippen LogP contribution in [0, 0.1) is 0 Å². The van der Waals surface area contributed by atoms with Gasteiger partial charge in [-0.3, -0.25) is 0 Å². The summed E-state index contributed by atoms with van der Waals surface area (Å²) in [6, 6.07) is 3.24. The maximum absolute atomic E-state index is 13.6. The Bertz CT molecular complexity index is 1180. The third-order valence-electron chi connectivity index (χ3n) is 7.44. The average Bonchev–Trinajstić information content (AvgIpc) is 3.45. The topological polar surface area (TPSA) is 83.0 Å². The van der Waals surface area contributed by atoms with Gasteiger partial charge >= 0.3 is 12.3 Å². The molecule has 2 aliphatic heterocycles. The zero-order valence-corrected chi connectivity index (χ0v) is 23.9. The number of rotatable bonds is 8. The number of nitrogens with zero attached hydrogens (tertiary/aromatic N) is 5. The fraction of sp³-hybridized carbons (Fsp3) is 0.571. The van der Waals surface area contributed by atoms with Crippen LogP contribution in [0.2, 0.25) is 5.02 Å². The van der Waals surface area contributed by atoms with Crippen LogP contribution in [0.25, 0.3) is 0 Å². The number of ether oxygens (including phenoxy) is 1. The van der Waals surface area contributed by atoms with Crippen molar-refractivity contribution in [3.63, 3.8) is 0 Å². The van der Waals surface area contributed by atoms with Crippen molar-refractivity contribution in [1.82, 2.24) is 20.3 Å². The Kier molecular flexibility index (Phi) is 9.43. The molecule has 40 heavy (non-hydrogen) atoms. The van der Waals surface area contributed by atoms with Gasteiger partial charge in [-0.25, -0.2) is 14.8 Å². The van der Waals surface area contributed by atoms with E-state index in [1.165, 1.54) is 0 Å². The van der Waals surface area contributed by atoms with Gasteiger partial charge in [0.05, 0.1) is 11.7 Å². The highest BCUT2D eigenvalue weighted by Crippen LogP contribution is 2.36. The number of nitrogens with one attached hydrogen (secondary N) is 1. The molecule has 0 saturated carbocycles. The van der Waals surface area contributed by atoms with Crippen LogP contribution in [0.15, 0.2) is 35.7 Å². The molecule has 4 atom stereocenters. The van der Waals surface area contributed by atoms with Crippen molar-refractivity contribution < 1.29 is 22.7 Å². The third kappa shape index (κ3) is 6.97. The highest BCUT2D eigenvalue weighted by Gasteiger charge is 2.41. The Morgan fingerprint density at radius 3 is 2.33 bits per heavy atom. The number of halogens is 4. The molecule has 0 bridgehead atoms. The van der Waals surface area contributed by atoms with Crippen molar-refractivity contribution in [2.45, 2.75) is 96.2 Å². The van der Waals surface area contributed by atoms with E-state index < -0.39 is 11.7 Å². The molecule has 1 amide bonds. The number of benzene rings is 1. The minimum Gasteiger partial charge on any atom is -0.447 e. The third-order valence-corrected chi connectivity index (χ3v) is 7.66. The van der Waals surface area contributed by atoms with E-state index in [0.29, 0.717) is 43.7 Å². The lowest BCUT2D eigenvalue weighted by atomic mass is 9.87. The van der Waals surface area contributed by atoms with Crippen molar-refractivity contribution in [2.24, 2.45) is 5.10 Å². The number of anilines is 1. The number of alkyl halides is 3. The van der Waals surface area contributed by atoms with E-state index in [-0.39, 0.29) is 47.8 Å². The highest BCUT2D eigenvalue weighted by atomic mass is 35.5. The molecule has 8 nitrogen and oxygen atoms in total. The van der Waals surface area contributed by atoms with Gasteiger partial charge in [-0.2, -0.15) is 18.3 Å². The number of piperidine rings is 1. The van der Waals surface area contributed by atoms with Crippen LogP contribution in [0.5, 0.6) is 0 Å². The summed E-state index contributed by atoms with van der Waals surface area (Å²) < 4.78 is 46.4. The maximum atomic E-state index is 13.6. The van der Waals surface area contributed by atoms with E-state index >= 15 is 0 Å².